The molecule has 0 radical (unpaired) electrons. The van der Waals surface area contributed by atoms with E-state index in [4.69, 9.17) is 14.6 Å². The van der Waals surface area contributed by atoms with E-state index in [1.807, 2.05) is 24.7 Å². The summed E-state index contributed by atoms with van der Waals surface area (Å²) in [7, 11) is 0. The van der Waals surface area contributed by atoms with Gasteiger partial charge in [0.05, 0.1) is 29.3 Å². The molecule has 1 N–H and O–H groups in total. The van der Waals surface area contributed by atoms with Crippen LogP contribution in [0.3, 0.4) is 0 Å². The number of aromatic nitrogens is 3. The largest absolute Gasteiger partial charge is 0.490 e. The molecule has 1 aromatic carbocycles. The third-order valence-electron chi connectivity index (χ3n) is 7.05. The van der Waals surface area contributed by atoms with Crippen LogP contribution in [0.25, 0.3) is 10.9 Å². The van der Waals surface area contributed by atoms with Crippen molar-refractivity contribution in [3.8, 4) is 5.75 Å². The minimum atomic E-state index is -0.669. The maximum Gasteiger partial charge on any atom is 0.274 e. The number of rotatable bonds is 7. The average molecular weight is 467 g/mol. The Labute approximate surface area is 195 Å². The highest BCUT2D eigenvalue weighted by atomic mass is 19.1. The number of carbonyl (C=O) groups excluding carboxylic acids is 1. The Balaban J connectivity index is 1.35. The van der Waals surface area contributed by atoms with Crippen LogP contribution in [0, 0.1) is 0 Å². The molecule has 2 aliphatic carbocycles. The lowest BCUT2D eigenvalue weighted by Gasteiger charge is -2.42. The summed E-state index contributed by atoms with van der Waals surface area (Å²) in [6, 6.07) is 7.09. The molecule has 4 aliphatic rings. The number of hydrogen-bond acceptors (Lipinski definition) is 5. The van der Waals surface area contributed by atoms with Crippen LogP contribution in [-0.4, -0.2) is 45.2 Å². The highest BCUT2D eigenvalue weighted by molar-refractivity contribution is 6.08. The van der Waals surface area contributed by atoms with Gasteiger partial charge in [-0.3, -0.25) is 14.3 Å². The third kappa shape index (κ3) is 3.33. The molecule has 9 heteroatoms. The molecule has 4 fully saturated rings. The number of hydrogen-bond donors (Lipinski definition) is 1. The van der Waals surface area contributed by atoms with Crippen molar-refractivity contribution in [3.63, 3.8) is 0 Å². The van der Waals surface area contributed by atoms with Crippen LogP contribution in [0.2, 0.25) is 0 Å². The highest BCUT2D eigenvalue weighted by Crippen LogP contribution is 2.56. The molecule has 0 unspecified atom stereocenters. The highest BCUT2D eigenvalue weighted by Gasteiger charge is 2.64. The van der Waals surface area contributed by atoms with Crippen molar-refractivity contribution in [3.05, 3.63) is 52.6 Å². The number of halogens is 1. The Morgan fingerprint density at radius 3 is 2.82 bits per heavy atom. The van der Waals surface area contributed by atoms with Gasteiger partial charge in [-0.15, -0.1) is 0 Å². The van der Waals surface area contributed by atoms with E-state index in [0.717, 1.165) is 18.2 Å². The molecule has 34 heavy (non-hydrogen) atoms. The Kier molecular flexibility index (Phi) is 4.64. The number of carbonyl (C=O) groups is 1. The summed E-state index contributed by atoms with van der Waals surface area (Å²) in [5.41, 5.74) is 0.0312. The number of fused-ring (bicyclic) bond motifs is 2. The maximum atomic E-state index is 13.4. The van der Waals surface area contributed by atoms with Crippen LogP contribution >= 0.6 is 0 Å². The number of ether oxygens (including phenoxy) is 2. The SMILES string of the molecule is CC(C)Oc1cc2nn(C34COC(CF)(C3)C4)cc2cc1C(=O)Nc1cccn(C2CC2)c1=O. The van der Waals surface area contributed by atoms with Crippen LogP contribution in [0.15, 0.2) is 41.5 Å². The van der Waals surface area contributed by atoms with Crippen LogP contribution < -0.4 is 15.6 Å². The van der Waals surface area contributed by atoms with Crippen LogP contribution in [-0.2, 0) is 10.3 Å². The Morgan fingerprint density at radius 1 is 1.35 bits per heavy atom. The van der Waals surface area contributed by atoms with Crippen LogP contribution in [0.5, 0.6) is 5.75 Å². The predicted octanol–water partition coefficient (Wildman–Crippen LogP) is 3.80. The molecule has 0 spiro atoms. The molecule has 2 saturated carbocycles. The van der Waals surface area contributed by atoms with Gasteiger partial charge in [-0.1, -0.05) is 0 Å². The molecule has 1 amide bonds. The summed E-state index contributed by atoms with van der Waals surface area (Å²) < 4.78 is 28.6. The van der Waals surface area contributed by atoms with Crippen molar-refractivity contribution in [2.24, 2.45) is 0 Å². The van der Waals surface area contributed by atoms with Crippen molar-refractivity contribution in [1.29, 1.82) is 0 Å². The number of alkyl halides is 1. The fourth-order valence-electron chi connectivity index (χ4n) is 5.26. The van der Waals surface area contributed by atoms with Gasteiger partial charge in [0.1, 0.15) is 23.7 Å². The first kappa shape index (κ1) is 21.3. The monoisotopic (exact) mass is 466 g/mol. The van der Waals surface area contributed by atoms with Gasteiger partial charge in [0.2, 0.25) is 0 Å². The topological polar surface area (TPSA) is 87.4 Å². The molecular weight excluding hydrogens is 439 g/mol. The van der Waals surface area contributed by atoms with E-state index in [9.17, 15) is 14.0 Å². The first-order chi connectivity index (χ1) is 16.3. The normalized spacial score (nSPS) is 25.5. The lowest BCUT2D eigenvalue weighted by atomic mass is 9.69. The van der Waals surface area contributed by atoms with Crippen molar-refractivity contribution in [2.45, 2.75) is 62.8 Å². The quantitative estimate of drug-likeness (QED) is 0.572. The second-order valence-corrected chi connectivity index (χ2v) is 10.2. The van der Waals surface area contributed by atoms with E-state index in [2.05, 4.69) is 5.32 Å². The predicted molar refractivity (Wildman–Crippen MR) is 124 cm³/mol. The van der Waals surface area contributed by atoms with Crippen LogP contribution in [0.1, 0.15) is 55.9 Å². The molecule has 0 atom stereocenters. The van der Waals surface area contributed by atoms with E-state index in [1.165, 1.54) is 0 Å². The molecule has 8 nitrogen and oxygen atoms in total. The molecule has 2 aliphatic heterocycles. The minimum Gasteiger partial charge on any atom is -0.490 e. The summed E-state index contributed by atoms with van der Waals surface area (Å²) in [6.45, 7) is 3.70. The first-order valence-electron chi connectivity index (χ1n) is 11.7. The molecule has 7 rings (SSSR count). The van der Waals surface area contributed by atoms with Gasteiger partial charge >= 0.3 is 0 Å². The smallest absolute Gasteiger partial charge is 0.274 e. The zero-order valence-electron chi connectivity index (χ0n) is 19.2. The van der Waals surface area contributed by atoms with E-state index in [-0.39, 0.29) is 28.9 Å². The standard InChI is InChI=1S/C25H27FN4O4/c1-15(2)34-21-9-20-16(10-30(28-20)24-11-25(12-24,13-26)33-14-24)8-18(21)22(31)27-19-4-3-7-29(23(19)32)17-5-6-17/h3-4,7-10,15,17H,5-6,11-14H2,1-2H3,(H,27,31). The molecule has 4 heterocycles. The van der Waals surface area contributed by atoms with Gasteiger partial charge in [0.15, 0.2) is 0 Å². The second kappa shape index (κ2) is 7.40. The van der Waals surface area contributed by atoms with Gasteiger partial charge in [0, 0.05) is 42.7 Å². The number of pyridine rings is 1. The van der Waals surface area contributed by atoms with Crippen molar-refractivity contribution >= 4 is 22.5 Å². The van der Waals surface area contributed by atoms with Gasteiger partial charge in [0.25, 0.3) is 11.5 Å². The van der Waals surface area contributed by atoms with Gasteiger partial charge in [-0.25, -0.2) is 4.39 Å². The summed E-state index contributed by atoms with van der Waals surface area (Å²) >= 11 is 0. The third-order valence-corrected chi connectivity index (χ3v) is 7.05. The lowest BCUT2D eigenvalue weighted by Crippen LogP contribution is -2.52. The average Bonchev–Trinajstić information content (AvgIpc) is 3.26. The molecule has 3 aromatic rings. The van der Waals surface area contributed by atoms with Crippen molar-refractivity contribution in [2.75, 3.05) is 18.6 Å². The first-order valence-corrected chi connectivity index (χ1v) is 11.7. The van der Waals surface area contributed by atoms with Gasteiger partial charge in [-0.05, 0) is 44.9 Å². The summed E-state index contributed by atoms with van der Waals surface area (Å²) in [6.07, 6.45) is 6.61. The Hall–Kier alpha value is -3.20. The number of nitrogens with zero attached hydrogens (tertiary/aromatic N) is 3. The summed E-state index contributed by atoms with van der Waals surface area (Å²) in [5, 5.41) is 8.27. The zero-order chi connectivity index (χ0) is 23.7. The second-order valence-electron chi connectivity index (χ2n) is 10.2. The van der Waals surface area contributed by atoms with Gasteiger partial charge in [-0.2, -0.15) is 5.10 Å². The number of anilines is 1. The molecule has 2 aromatic heterocycles. The molecule has 2 bridgehead atoms. The number of benzene rings is 1. The van der Waals surface area contributed by atoms with Crippen molar-refractivity contribution < 1.29 is 18.7 Å². The lowest BCUT2D eigenvalue weighted by molar-refractivity contribution is -0.0336. The summed E-state index contributed by atoms with van der Waals surface area (Å²) in [5.74, 6) is -0.0195. The zero-order valence-corrected chi connectivity index (χ0v) is 19.2. The van der Waals surface area contributed by atoms with Crippen LogP contribution in [0.4, 0.5) is 10.1 Å². The van der Waals surface area contributed by atoms with E-state index in [0.29, 0.717) is 36.3 Å². The van der Waals surface area contributed by atoms with Crippen molar-refractivity contribution in [1.82, 2.24) is 14.3 Å². The molecule has 178 valence electrons. The van der Waals surface area contributed by atoms with E-state index < -0.39 is 18.2 Å². The van der Waals surface area contributed by atoms with Gasteiger partial charge < -0.3 is 19.4 Å². The number of nitrogens with one attached hydrogen (secondary N) is 1. The fraction of sp³-hybridized carbons (Fsp3) is 0.480. The molecule has 2 saturated heterocycles. The maximum absolute atomic E-state index is 13.4. The molecular formula is C25H27FN4O4. The fourth-order valence-corrected chi connectivity index (χ4v) is 5.26. The Bertz CT molecular complexity index is 1350. The summed E-state index contributed by atoms with van der Waals surface area (Å²) in [4.78, 5) is 26.1. The van der Waals surface area contributed by atoms with E-state index >= 15 is 0 Å². The number of amides is 1. The van der Waals surface area contributed by atoms with E-state index in [1.54, 1.807) is 35.0 Å². The Morgan fingerprint density at radius 2 is 2.15 bits per heavy atom. The minimum absolute atomic E-state index is 0.159.